The number of carbonyl (C=O) groups excluding carboxylic acids is 1. The summed E-state index contributed by atoms with van der Waals surface area (Å²) < 4.78 is 1.04. The lowest BCUT2D eigenvalue weighted by molar-refractivity contribution is -0.133. The molecule has 0 N–H and O–H groups in total. The molecule has 3 rings (SSSR count). The number of aromatic nitrogens is 2. The summed E-state index contributed by atoms with van der Waals surface area (Å²) in [7, 11) is 3.64. The van der Waals surface area contributed by atoms with E-state index < -0.39 is 0 Å². The molecule has 0 bridgehead atoms. The first-order valence-corrected chi connectivity index (χ1v) is 9.07. The van der Waals surface area contributed by atoms with Gasteiger partial charge in [0.15, 0.2) is 5.65 Å². The van der Waals surface area contributed by atoms with Crippen molar-refractivity contribution in [3.8, 4) is 0 Å². The number of nitrogens with zero attached hydrogens (tertiary/aromatic N) is 4. The molecule has 0 aromatic carbocycles. The Balaban J connectivity index is 1.92. The number of hydrogen-bond donors (Lipinski definition) is 0. The van der Waals surface area contributed by atoms with Crippen molar-refractivity contribution in [2.24, 2.45) is 5.92 Å². The Morgan fingerprint density at radius 2 is 2.04 bits per heavy atom. The molecule has 1 aliphatic rings. The molecule has 1 amide bonds. The van der Waals surface area contributed by atoms with Crippen molar-refractivity contribution in [1.82, 2.24) is 14.9 Å². The third-order valence-electron chi connectivity index (χ3n) is 4.72. The smallest absolute Gasteiger partial charge is 0.226 e. The van der Waals surface area contributed by atoms with Gasteiger partial charge in [-0.05, 0) is 60.3 Å². The summed E-state index contributed by atoms with van der Waals surface area (Å²) in [5.74, 6) is 1.16. The fourth-order valence-corrected chi connectivity index (χ4v) is 3.64. The summed E-state index contributed by atoms with van der Waals surface area (Å²) >= 11 is 3.59. The predicted molar refractivity (Wildman–Crippen MR) is 100 cm³/mol. The number of piperidine rings is 1. The van der Waals surface area contributed by atoms with Gasteiger partial charge in [0.05, 0.1) is 11.6 Å². The molecular weight excluding hydrogens is 368 g/mol. The van der Waals surface area contributed by atoms with Gasteiger partial charge in [0, 0.05) is 37.0 Å². The SMILES string of the molecule is Cc1nc2nc(N3CCCC(C(=O)N(C)C)C3)ccc2c(C)c1Br. The monoisotopic (exact) mass is 390 g/mol. The highest BCUT2D eigenvalue weighted by molar-refractivity contribution is 9.10. The Morgan fingerprint density at radius 3 is 2.75 bits per heavy atom. The Bertz CT molecular complexity index is 790. The van der Waals surface area contributed by atoms with Crippen LogP contribution in [0.25, 0.3) is 11.0 Å². The van der Waals surface area contributed by atoms with Crippen molar-refractivity contribution in [2.75, 3.05) is 32.1 Å². The average molecular weight is 391 g/mol. The van der Waals surface area contributed by atoms with Gasteiger partial charge >= 0.3 is 0 Å². The number of aryl methyl sites for hydroxylation is 2. The zero-order valence-corrected chi connectivity index (χ0v) is 16.2. The van der Waals surface area contributed by atoms with E-state index >= 15 is 0 Å². The molecule has 5 nitrogen and oxygen atoms in total. The van der Waals surface area contributed by atoms with Crippen LogP contribution in [0.5, 0.6) is 0 Å². The second-order valence-corrected chi connectivity index (χ2v) is 7.49. The average Bonchev–Trinajstić information content (AvgIpc) is 2.58. The highest BCUT2D eigenvalue weighted by atomic mass is 79.9. The fraction of sp³-hybridized carbons (Fsp3) is 0.500. The molecule has 0 aliphatic carbocycles. The highest BCUT2D eigenvalue weighted by Gasteiger charge is 2.27. The zero-order chi connectivity index (χ0) is 17.4. The molecule has 3 heterocycles. The minimum Gasteiger partial charge on any atom is -0.356 e. The molecular formula is C18H23BrN4O. The summed E-state index contributed by atoms with van der Waals surface area (Å²) in [6, 6.07) is 4.13. The van der Waals surface area contributed by atoms with Crippen LogP contribution in [0.1, 0.15) is 24.1 Å². The van der Waals surface area contributed by atoms with Crippen LogP contribution in [0.15, 0.2) is 16.6 Å². The van der Waals surface area contributed by atoms with E-state index in [1.807, 2.05) is 27.1 Å². The molecule has 1 unspecified atom stereocenters. The molecule has 0 spiro atoms. The highest BCUT2D eigenvalue weighted by Crippen LogP contribution is 2.29. The maximum Gasteiger partial charge on any atom is 0.226 e. The van der Waals surface area contributed by atoms with E-state index in [0.29, 0.717) is 0 Å². The number of halogens is 1. The largest absolute Gasteiger partial charge is 0.356 e. The van der Waals surface area contributed by atoms with Crippen molar-refractivity contribution >= 4 is 38.7 Å². The number of rotatable bonds is 2. The van der Waals surface area contributed by atoms with E-state index in [1.165, 1.54) is 0 Å². The molecule has 128 valence electrons. The van der Waals surface area contributed by atoms with Crippen LogP contribution in [0, 0.1) is 19.8 Å². The summed E-state index contributed by atoms with van der Waals surface area (Å²) in [5, 5.41) is 1.06. The van der Waals surface area contributed by atoms with E-state index in [4.69, 9.17) is 4.98 Å². The van der Waals surface area contributed by atoms with Gasteiger partial charge in [-0.3, -0.25) is 4.79 Å². The topological polar surface area (TPSA) is 49.3 Å². The Morgan fingerprint density at radius 1 is 1.29 bits per heavy atom. The lowest BCUT2D eigenvalue weighted by Gasteiger charge is -2.34. The van der Waals surface area contributed by atoms with Crippen LogP contribution in [0.4, 0.5) is 5.82 Å². The summed E-state index contributed by atoms with van der Waals surface area (Å²) in [6.45, 7) is 5.72. The van der Waals surface area contributed by atoms with Gasteiger partial charge in [-0.15, -0.1) is 0 Å². The summed E-state index contributed by atoms with van der Waals surface area (Å²) in [6.07, 6.45) is 1.96. The second kappa shape index (κ2) is 6.67. The van der Waals surface area contributed by atoms with Crippen LogP contribution in [0.2, 0.25) is 0 Å². The first-order valence-electron chi connectivity index (χ1n) is 8.28. The lowest BCUT2D eigenvalue weighted by Crippen LogP contribution is -2.43. The first kappa shape index (κ1) is 17.1. The fourth-order valence-electron chi connectivity index (χ4n) is 3.34. The molecule has 1 saturated heterocycles. The van der Waals surface area contributed by atoms with Gasteiger partial charge in [0.1, 0.15) is 5.82 Å². The molecule has 1 aliphatic heterocycles. The van der Waals surface area contributed by atoms with E-state index in [0.717, 1.165) is 58.5 Å². The number of anilines is 1. The maximum absolute atomic E-state index is 12.3. The Hall–Kier alpha value is -1.69. The quantitative estimate of drug-likeness (QED) is 0.788. The van der Waals surface area contributed by atoms with Crippen molar-refractivity contribution < 1.29 is 4.79 Å². The Kier molecular flexibility index (Phi) is 4.76. The van der Waals surface area contributed by atoms with Gasteiger partial charge in [-0.1, -0.05) is 0 Å². The number of hydrogen-bond acceptors (Lipinski definition) is 4. The molecule has 1 atom stereocenters. The van der Waals surface area contributed by atoms with Crippen molar-refractivity contribution in [3.05, 3.63) is 27.9 Å². The van der Waals surface area contributed by atoms with Crippen molar-refractivity contribution in [1.29, 1.82) is 0 Å². The molecule has 1 fully saturated rings. The zero-order valence-electron chi connectivity index (χ0n) is 14.6. The standard InChI is InChI=1S/C18H23BrN4O/c1-11-14-7-8-15(21-17(14)20-12(2)16(11)19)23-9-5-6-13(10-23)18(24)22(3)4/h7-8,13H,5-6,9-10H2,1-4H3. The van der Waals surface area contributed by atoms with Gasteiger partial charge < -0.3 is 9.80 Å². The number of pyridine rings is 2. The van der Waals surface area contributed by atoms with E-state index in [-0.39, 0.29) is 11.8 Å². The van der Waals surface area contributed by atoms with Crippen LogP contribution < -0.4 is 4.90 Å². The van der Waals surface area contributed by atoms with E-state index in [2.05, 4.69) is 38.8 Å². The minimum absolute atomic E-state index is 0.0487. The third-order valence-corrected chi connectivity index (χ3v) is 5.89. The molecule has 0 saturated carbocycles. The second-order valence-electron chi connectivity index (χ2n) is 6.69. The van der Waals surface area contributed by atoms with Crippen LogP contribution in [0.3, 0.4) is 0 Å². The van der Waals surface area contributed by atoms with Gasteiger partial charge in [0.25, 0.3) is 0 Å². The minimum atomic E-state index is 0.0487. The maximum atomic E-state index is 12.3. The van der Waals surface area contributed by atoms with E-state index in [1.54, 1.807) is 4.90 Å². The van der Waals surface area contributed by atoms with Crippen LogP contribution in [-0.4, -0.2) is 48.0 Å². The Labute approximate surface area is 151 Å². The molecule has 2 aromatic rings. The van der Waals surface area contributed by atoms with Crippen molar-refractivity contribution in [2.45, 2.75) is 26.7 Å². The van der Waals surface area contributed by atoms with Gasteiger partial charge in [0.2, 0.25) is 5.91 Å². The van der Waals surface area contributed by atoms with E-state index in [9.17, 15) is 4.79 Å². The number of fused-ring (bicyclic) bond motifs is 1. The molecule has 2 aromatic heterocycles. The number of amides is 1. The van der Waals surface area contributed by atoms with Gasteiger partial charge in [-0.2, -0.15) is 0 Å². The van der Waals surface area contributed by atoms with Gasteiger partial charge in [-0.25, -0.2) is 9.97 Å². The van der Waals surface area contributed by atoms with Crippen molar-refractivity contribution in [3.63, 3.8) is 0 Å². The van der Waals surface area contributed by atoms with Crippen LogP contribution >= 0.6 is 15.9 Å². The summed E-state index contributed by atoms with van der Waals surface area (Å²) in [4.78, 5) is 25.6. The number of carbonyl (C=O) groups is 1. The normalized spacial score (nSPS) is 18.0. The lowest BCUT2D eigenvalue weighted by atomic mass is 9.96. The molecule has 24 heavy (non-hydrogen) atoms. The first-order chi connectivity index (χ1) is 11.4. The predicted octanol–water partition coefficient (Wildman–Crippen LogP) is 3.31. The van der Waals surface area contributed by atoms with Crippen LogP contribution in [-0.2, 0) is 4.79 Å². The molecule has 0 radical (unpaired) electrons. The third kappa shape index (κ3) is 3.11. The summed E-state index contributed by atoms with van der Waals surface area (Å²) in [5.41, 5.74) is 2.88. The molecule has 6 heteroatoms.